The van der Waals surface area contributed by atoms with Crippen molar-refractivity contribution < 1.29 is 4.79 Å². The van der Waals surface area contributed by atoms with Crippen LogP contribution in [0.2, 0.25) is 0 Å². The van der Waals surface area contributed by atoms with Gasteiger partial charge in [0.15, 0.2) is 0 Å². The van der Waals surface area contributed by atoms with Gasteiger partial charge in [0.05, 0.1) is 5.52 Å². The first-order chi connectivity index (χ1) is 14.5. The number of pyridine rings is 1. The van der Waals surface area contributed by atoms with E-state index in [2.05, 4.69) is 54.2 Å². The predicted molar refractivity (Wildman–Crippen MR) is 125 cm³/mol. The zero-order valence-corrected chi connectivity index (χ0v) is 18.8. The molecule has 0 atom stereocenters. The van der Waals surface area contributed by atoms with Gasteiger partial charge in [0.25, 0.3) is 0 Å². The van der Waals surface area contributed by atoms with Crippen LogP contribution in [0.25, 0.3) is 10.9 Å². The third-order valence-electron chi connectivity index (χ3n) is 7.01. The van der Waals surface area contributed by atoms with E-state index in [1.54, 1.807) is 0 Å². The van der Waals surface area contributed by atoms with Crippen LogP contribution in [-0.2, 0) is 4.79 Å². The van der Waals surface area contributed by atoms with Crippen LogP contribution >= 0.6 is 0 Å². The van der Waals surface area contributed by atoms with Gasteiger partial charge in [-0.25, -0.2) is 4.98 Å². The van der Waals surface area contributed by atoms with Crippen LogP contribution in [0.3, 0.4) is 0 Å². The molecule has 1 aliphatic heterocycles. The molecule has 5 nitrogen and oxygen atoms in total. The Morgan fingerprint density at radius 2 is 1.83 bits per heavy atom. The summed E-state index contributed by atoms with van der Waals surface area (Å²) < 4.78 is 0. The first-order valence-electron chi connectivity index (χ1n) is 11.7. The highest BCUT2D eigenvalue weighted by atomic mass is 16.1. The van der Waals surface area contributed by atoms with Crippen molar-refractivity contribution in [3.05, 3.63) is 29.8 Å². The zero-order valence-electron chi connectivity index (χ0n) is 18.8. The van der Waals surface area contributed by atoms with Crippen molar-refractivity contribution in [2.24, 2.45) is 11.8 Å². The summed E-state index contributed by atoms with van der Waals surface area (Å²) in [5.41, 5.74) is 3.10. The van der Waals surface area contributed by atoms with Crippen molar-refractivity contribution in [2.45, 2.75) is 52.4 Å². The minimum atomic E-state index is 0.160. The van der Waals surface area contributed by atoms with Crippen LogP contribution in [0.4, 0.5) is 11.5 Å². The number of carbonyl (C=O) groups excluding carboxylic acids is 1. The molecule has 0 spiro atoms. The van der Waals surface area contributed by atoms with Crippen LogP contribution in [0.15, 0.2) is 24.3 Å². The van der Waals surface area contributed by atoms with Crippen LogP contribution in [-0.4, -0.2) is 49.0 Å². The van der Waals surface area contributed by atoms with E-state index in [4.69, 9.17) is 4.98 Å². The number of aryl methyl sites for hydroxylation is 1. The van der Waals surface area contributed by atoms with Gasteiger partial charge >= 0.3 is 0 Å². The average Bonchev–Trinajstić information content (AvgIpc) is 2.75. The van der Waals surface area contributed by atoms with E-state index in [1.807, 2.05) is 6.07 Å². The van der Waals surface area contributed by atoms with E-state index in [-0.39, 0.29) is 11.8 Å². The number of amides is 1. The number of hydrogen-bond donors (Lipinski definition) is 1. The number of hydrogen-bond acceptors (Lipinski definition) is 4. The van der Waals surface area contributed by atoms with Gasteiger partial charge in [0.1, 0.15) is 5.82 Å². The molecule has 2 aromatic rings. The topological polar surface area (TPSA) is 48.5 Å². The van der Waals surface area contributed by atoms with Gasteiger partial charge in [-0.05, 0) is 75.4 Å². The molecular formula is C25H36N4O. The molecule has 2 fully saturated rings. The molecule has 0 bridgehead atoms. The van der Waals surface area contributed by atoms with E-state index in [9.17, 15) is 4.79 Å². The number of nitrogens with zero attached hydrogens (tertiary/aromatic N) is 3. The second-order valence-electron chi connectivity index (χ2n) is 9.32. The van der Waals surface area contributed by atoms with Gasteiger partial charge < -0.3 is 15.1 Å². The number of nitrogens with one attached hydrogen (secondary N) is 1. The van der Waals surface area contributed by atoms with Gasteiger partial charge in [-0.3, -0.25) is 4.79 Å². The van der Waals surface area contributed by atoms with E-state index in [0.29, 0.717) is 0 Å². The lowest BCUT2D eigenvalue weighted by Gasteiger charge is -2.33. The molecule has 2 aliphatic rings. The quantitative estimate of drug-likeness (QED) is 0.769. The molecule has 0 unspecified atom stereocenters. The van der Waals surface area contributed by atoms with Gasteiger partial charge in [-0.1, -0.05) is 19.8 Å². The summed E-state index contributed by atoms with van der Waals surface area (Å²) >= 11 is 0. The summed E-state index contributed by atoms with van der Waals surface area (Å²) in [6, 6.07) is 8.33. The number of likely N-dealkylation sites (N-methyl/N-ethyl adjacent to an activating group) is 1. The molecule has 162 valence electrons. The highest BCUT2D eigenvalue weighted by molar-refractivity contribution is 5.96. The summed E-state index contributed by atoms with van der Waals surface area (Å²) in [5.74, 6) is 2.23. The summed E-state index contributed by atoms with van der Waals surface area (Å²) in [5, 5.41) is 4.30. The van der Waals surface area contributed by atoms with Gasteiger partial charge in [0.2, 0.25) is 5.91 Å². The Morgan fingerprint density at radius 3 is 2.53 bits per heavy atom. The SMILES string of the molecule is CCCC1CCC(C(=O)Nc2ccc3nc(N4CCN(C)CC4)cc(C)c3c2)CC1. The lowest BCUT2D eigenvalue weighted by Crippen LogP contribution is -2.44. The third-order valence-corrected chi connectivity index (χ3v) is 7.01. The Kier molecular flexibility index (Phi) is 6.57. The molecule has 1 amide bonds. The van der Waals surface area contributed by atoms with E-state index >= 15 is 0 Å². The molecule has 1 aliphatic carbocycles. The van der Waals surface area contributed by atoms with Crippen LogP contribution < -0.4 is 10.2 Å². The first kappa shape index (κ1) is 21.1. The molecule has 1 aromatic heterocycles. The van der Waals surface area contributed by atoms with Crippen molar-refractivity contribution in [3.8, 4) is 0 Å². The minimum Gasteiger partial charge on any atom is -0.354 e. The monoisotopic (exact) mass is 408 g/mol. The molecule has 1 saturated carbocycles. The van der Waals surface area contributed by atoms with E-state index in [0.717, 1.165) is 67.3 Å². The van der Waals surface area contributed by atoms with Crippen LogP contribution in [0.1, 0.15) is 51.0 Å². The molecule has 1 aromatic carbocycles. The Labute approximate surface area is 180 Å². The maximum atomic E-state index is 12.8. The summed E-state index contributed by atoms with van der Waals surface area (Å²) in [4.78, 5) is 22.4. The third kappa shape index (κ3) is 4.77. The minimum absolute atomic E-state index is 0.160. The fraction of sp³-hybridized carbons (Fsp3) is 0.600. The number of benzene rings is 1. The second kappa shape index (κ2) is 9.34. The second-order valence-corrected chi connectivity index (χ2v) is 9.32. The van der Waals surface area contributed by atoms with Crippen LogP contribution in [0.5, 0.6) is 0 Å². The zero-order chi connectivity index (χ0) is 21.1. The summed E-state index contributed by atoms with van der Waals surface area (Å²) in [6.07, 6.45) is 7.01. The van der Waals surface area contributed by atoms with Crippen molar-refractivity contribution in [2.75, 3.05) is 43.4 Å². The standard InChI is InChI=1S/C25H36N4O/c1-4-5-19-6-8-20(9-7-19)25(30)26-21-10-11-23-22(17-21)18(2)16-24(27-23)29-14-12-28(3)13-15-29/h10-11,16-17,19-20H,4-9,12-15H2,1-3H3,(H,26,30). The Morgan fingerprint density at radius 1 is 1.10 bits per heavy atom. The lowest BCUT2D eigenvalue weighted by atomic mass is 9.80. The van der Waals surface area contributed by atoms with Crippen molar-refractivity contribution >= 4 is 28.3 Å². The van der Waals surface area contributed by atoms with Gasteiger partial charge in [0, 0.05) is 43.2 Å². The van der Waals surface area contributed by atoms with Crippen molar-refractivity contribution in [3.63, 3.8) is 0 Å². The summed E-state index contributed by atoms with van der Waals surface area (Å²) in [6.45, 7) is 8.58. The van der Waals surface area contributed by atoms with Crippen LogP contribution in [0, 0.1) is 18.8 Å². The normalized spacial score (nSPS) is 23.0. The van der Waals surface area contributed by atoms with E-state index < -0.39 is 0 Å². The predicted octanol–water partition coefficient (Wildman–Crippen LogP) is 4.84. The number of rotatable bonds is 5. The average molecular weight is 409 g/mol. The highest BCUT2D eigenvalue weighted by Crippen LogP contribution is 2.32. The maximum Gasteiger partial charge on any atom is 0.227 e. The van der Waals surface area contributed by atoms with Gasteiger partial charge in [-0.2, -0.15) is 0 Å². The molecule has 0 radical (unpaired) electrons. The number of fused-ring (bicyclic) bond motifs is 1. The van der Waals surface area contributed by atoms with Gasteiger partial charge in [-0.15, -0.1) is 0 Å². The Hall–Kier alpha value is -2.14. The fourth-order valence-electron chi connectivity index (χ4n) is 5.02. The molecule has 2 heterocycles. The number of piperazine rings is 1. The lowest BCUT2D eigenvalue weighted by molar-refractivity contribution is -0.121. The maximum absolute atomic E-state index is 12.8. The summed E-state index contributed by atoms with van der Waals surface area (Å²) in [7, 11) is 2.17. The molecule has 1 N–H and O–H groups in total. The van der Waals surface area contributed by atoms with E-state index in [1.165, 1.54) is 31.2 Å². The van der Waals surface area contributed by atoms with Crippen molar-refractivity contribution in [1.82, 2.24) is 9.88 Å². The first-order valence-corrected chi connectivity index (χ1v) is 11.7. The highest BCUT2D eigenvalue weighted by Gasteiger charge is 2.26. The molecule has 1 saturated heterocycles. The number of anilines is 2. The number of carbonyl (C=O) groups is 1. The molecule has 5 heteroatoms. The Balaban J connectivity index is 1.44. The Bertz CT molecular complexity index is 880. The largest absolute Gasteiger partial charge is 0.354 e. The molecule has 30 heavy (non-hydrogen) atoms. The number of aromatic nitrogens is 1. The smallest absolute Gasteiger partial charge is 0.227 e. The van der Waals surface area contributed by atoms with Crippen molar-refractivity contribution in [1.29, 1.82) is 0 Å². The molecular weight excluding hydrogens is 372 g/mol. The molecule has 4 rings (SSSR count). The fourth-order valence-corrected chi connectivity index (χ4v) is 5.02.